The second kappa shape index (κ2) is 9.35. The Balaban J connectivity index is 1.89. The van der Waals surface area contributed by atoms with E-state index in [0.717, 1.165) is 26.1 Å². The lowest BCUT2D eigenvalue weighted by atomic mass is 10.1. The zero-order chi connectivity index (χ0) is 18.1. The molecule has 0 bridgehead atoms. The highest BCUT2D eigenvalue weighted by Crippen LogP contribution is 2.10. The minimum atomic E-state index is -0.826. The zero-order valence-corrected chi connectivity index (χ0v) is 15.2. The van der Waals surface area contributed by atoms with Gasteiger partial charge < -0.3 is 11.1 Å². The zero-order valence-electron chi connectivity index (χ0n) is 15.2. The Hall–Kier alpha value is -2.17. The molecule has 0 spiro atoms. The molecule has 0 aromatic heterocycles. The number of nitrogens with one attached hydrogen (secondary N) is 1. The number of hydrogen-bond acceptors (Lipinski definition) is 3. The van der Waals surface area contributed by atoms with Crippen LogP contribution >= 0.6 is 0 Å². The predicted octanol–water partition coefficient (Wildman–Crippen LogP) is 2.93. The third-order valence-electron chi connectivity index (χ3n) is 4.02. The number of nitrogens with two attached hydrogens (primary N) is 1. The molecular weight excluding hydrogens is 310 g/mol. The summed E-state index contributed by atoms with van der Waals surface area (Å²) in [6, 6.07) is 20.9. The van der Waals surface area contributed by atoms with E-state index in [0.29, 0.717) is 6.54 Å². The molecule has 4 heteroatoms. The Bertz CT molecular complexity index is 594. The quantitative estimate of drug-likeness (QED) is 0.691. The number of carbonyl (C=O) groups is 1. The molecule has 0 aliphatic carbocycles. The fourth-order valence-corrected chi connectivity index (χ4v) is 2.63. The third-order valence-corrected chi connectivity index (χ3v) is 4.02. The van der Waals surface area contributed by atoms with Crippen molar-refractivity contribution < 1.29 is 4.79 Å². The van der Waals surface area contributed by atoms with Crippen LogP contribution in [0.15, 0.2) is 60.7 Å². The molecule has 1 amide bonds. The first kappa shape index (κ1) is 19.2. The number of carbonyl (C=O) groups excluding carboxylic acids is 1. The molecule has 0 aliphatic heterocycles. The molecule has 0 heterocycles. The van der Waals surface area contributed by atoms with Gasteiger partial charge in [-0.2, -0.15) is 0 Å². The first-order valence-corrected chi connectivity index (χ1v) is 8.82. The van der Waals surface area contributed by atoms with Crippen molar-refractivity contribution in [1.29, 1.82) is 0 Å². The first-order valence-electron chi connectivity index (χ1n) is 8.82. The van der Waals surface area contributed by atoms with Gasteiger partial charge in [-0.25, -0.2) is 0 Å². The molecule has 134 valence electrons. The molecule has 0 radical (unpaired) electrons. The number of amides is 1. The second-order valence-corrected chi connectivity index (χ2v) is 7.01. The molecule has 0 saturated carbocycles. The van der Waals surface area contributed by atoms with Crippen molar-refractivity contribution in [3.63, 3.8) is 0 Å². The molecular formula is C21H29N3O. The maximum Gasteiger partial charge on any atom is 0.239 e. The van der Waals surface area contributed by atoms with Gasteiger partial charge in [0, 0.05) is 26.2 Å². The molecule has 0 atom stereocenters. The summed E-state index contributed by atoms with van der Waals surface area (Å²) >= 11 is 0. The summed E-state index contributed by atoms with van der Waals surface area (Å²) in [7, 11) is 0. The minimum absolute atomic E-state index is 0.106. The van der Waals surface area contributed by atoms with E-state index in [-0.39, 0.29) is 5.91 Å². The maximum atomic E-state index is 11.8. The standard InChI is InChI=1S/C21H29N3O/c1-21(2,22)20(25)23-14-9-15-24(16-18-10-5-3-6-11-18)17-19-12-7-4-8-13-19/h3-8,10-13H,9,14-17,22H2,1-2H3,(H,23,25). The van der Waals surface area contributed by atoms with E-state index in [9.17, 15) is 4.79 Å². The van der Waals surface area contributed by atoms with Gasteiger partial charge in [-0.15, -0.1) is 0 Å². The average Bonchev–Trinajstić information content (AvgIpc) is 2.59. The Morgan fingerprint density at radius 3 is 1.88 bits per heavy atom. The van der Waals surface area contributed by atoms with Gasteiger partial charge in [0.05, 0.1) is 5.54 Å². The van der Waals surface area contributed by atoms with Gasteiger partial charge in [-0.1, -0.05) is 60.7 Å². The van der Waals surface area contributed by atoms with Crippen LogP contribution in [0.1, 0.15) is 31.4 Å². The van der Waals surface area contributed by atoms with Crippen molar-refractivity contribution in [2.75, 3.05) is 13.1 Å². The Morgan fingerprint density at radius 1 is 0.960 bits per heavy atom. The van der Waals surface area contributed by atoms with Crippen molar-refractivity contribution in [3.05, 3.63) is 71.8 Å². The van der Waals surface area contributed by atoms with Gasteiger partial charge in [0.2, 0.25) is 5.91 Å². The van der Waals surface area contributed by atoms with Crippen molar-refractivity contribution >= 4 is 5.91 Å². The summed E-state index contributed by atoms with van der Waals surface area (Å²) in [4.78, 5) is 14.2. The minimum Gasteiger partial charge on any atom is -0.354 e. The number of benzene rings is 2. The van der Waals surface area contributed by atoms with Crippen molar-refractivity contribution in [3.8, 4) is 0 Å². The van der Waals surface area contributed by atoms with Gasteiger partial charge in [-0.3, -0.25) is 9.69 Å². The van der Waals surface area contributed by atoms with Gasteiger partial charge in [0.15, 0.2) is 0 Å². The monoisotopic (exact) mass is 339 g/mol. The van der Waals surface area contributed by atoms with E-state index in [2.05, 4.69) is 58.7 Å². The Morgan fingerprint density at radius 2 is 1.44 bits per heavy atom. The third kappa shape index (κ3) is 7.08. The van der Waals surface area contributed by atoms with Crippen LogP contribution in [0.4, 0.5) is 0 Å². The SMILES string of the molecule is CC(C)(N)C(=O)NCCCN(Cc1ccccc1)Cc1ccccc1. The van der Waals surface area contributed by atoms with Crippen LogP contribution in [0.5, 0.6) is 0 Å². The van der Waals surface area contributed by atoms with Crippen LogP contribution in [0.25, 0.3) is 0 Å². The number of rotatable bonds is 9. The normalized spacial score (nSPS) is 11.5. The topological polar surface area (TPSA) is 58.4 Å². The van der Waals surface area contributed by atoms with E-state index in [1.165, 1.54) is 11.1 Å². The molecule has 2 rings (SSSR count). The van der Waals surface area contributed by atoms with Crippen molar-refractivity contribution in [1.82, 2.24) is 10.2 Å². The lowest BCUT2D eigenvalue weighted by Gasteiger charge is -2.23. The second-order valence-electron chi connectivity index (χ2n) is 7.01. The van der Waals surface area contributed by atoms with E-state index in [4.69, 9.17) is 5.73 Å². The van der Waals surface area contributed by atoms with Crippen molar-refractivity contribution in [2.24, 2.45) is 5.73 Å². The van der Waals surface area contributed by atoms with E-state index >= 15 is 0 Å². The molecule has 3 N–H and O–H groups in total. The molecule has 25 heavy (non-hydrogen) atoms. The smallest absolute Gasteiger partial charge is 0.239 e. The molecule has 2 aromatic rings. The lowest BCUT2D eigenvalue weighted by molar-refractivity contribution is -0.125. The molecule has 0 saturated heterocycles. The van der Waals surface area contributed by atoms with Crippen LogP contribution in [0.2, 0.25) is 0 Å². The van der Waals surface area contributed by atoms with E-state index in [1.807, 2.05) is 12.1 Å². The van der Waals surface area contributed by atoms with E-state index < -0.39 is 5.54 Å². The molecule has 0 aliphatic rings. The summed E-state index contributed by atoms with van der Waals surface area (Å²) < 4.78 is 0. The summed E-state index contributed by atoms with van der Waals surface area (Å²) in [5.74, 6) is -0.106. The van der Waals surface area contributed by atoms with Crippen LogP contribution in [-0.2, 0) is 17.9 Å². The van der Waals surface area contributed by atoms with E-state index in [1.54, 1.807) is 13.8 Å². The molecule has 0 fully saturated rings. The van der Waals surface area contributed by atoms with Gasteiger partial charge in [-0.05, 0) is 31.4 Å². The average molecular weight is 339 g/mol. The highest BCUT2D eigenvalue weighted by molar-refractivity contribution is 5.84. The van der Waals surface area contributed by atoms with Crippen molar-refractivity contribution in [2.45, 2.75) is 38.9 Å². The van der Waals surface area contributed by atoms with Gasteiger partial charge >= 0.3 is 0 Å². The number of hydrogen-bond donors (Lipinski definition) is 2. The van der Waals surface area contributed by atoms with Crippen LogP contribution in [0, 0.1) is 0 Å². The Kier molecular flexibility index (Phi) is 7.16. The Labute approximate surface area is 151 Å². The molecule has 2 aromatic carbocycles. The fraction of sp³-hybridized carbons (Fsp3) is 0.381. The summed E-state index contributed by atoms with van der Waals surface area (Å²) in [5, 5.41) is 2.92. The maximum absolute atomic E-state index is 11.8. The summed E-state index contributed by atoms with van der Waals surface area (Å²) in [6.45, 7) is 6.78. The highest BCUT2D eigenvalue weighted by atomic mass is 16.2. The van der Waals surface area contributed by atoms with Crippen LogP contribution < -0.4 is 11.1 Å². The van der Waals surface area contributed by atoms with Gasteiger partial charge in [0.25, 0.3) is 0 Å². The van der Waals surface area contributed by atoms with Crippen LogP contribution in [0.3, 0.4) is 0 Å². The molecule has 0 unspecified atom stereocenters. The lowest BCUT2D eigenvalue weighted by Crippen LogP contribution is -2.49. The largest absolute Gasteiger partial charge is 0.354 e. The summed E-state index contributed by atoms with van der Waals surface area (Å²) in [5.41, 5.74) is 7.57. The van der Waals surface area contributed by atoms with Gasteiger partial charge in [0.1, 0.15) is 0 Å². The first-order chi connectivity index (χ1) is 11.9. The predicted molar refractivity (Wildman–Crippen MR) is 103 cm³/mol. The highest BCUT2D eigenvalue weighted by Gasteiger charge is 2.20. The van der Waals surface area contributed by atoms with Crippen LogP contribution in [-0.4, -0.2) is 29.4 Å². The fourth-order valence-electron chi connectivity index (χ4n) is 2.63. The number of nitrogens with zero attached hydrogens (tertiary/aromatic N) is 1. The summed E-state index contributed by atoms with van der Waals surface area (Å²) in [6.07, 6.45) is 0.890. The molecule has 4 nitrogen and oxygen atoms in total.